The second-order valence-corrected chi connectivity index (χ2v) is 6.71. The van der Waals surface area contributed by atoms with Gasteiger partial charge in [0, 0.05) is 11.4 Å². The third-order valence-corrected chi connectivity index (χ3v) is 4.92. The minimum Gasteiger partial charge on any atom is -0.324 e. The van der Waals surface area contributed by atoms with E-state index < -0.39 is 28.9 Å². The van der Waals surface area contributed by atoms with E-state index in [0.717, 1.165) is 0 Å². The van der Waals surface area contributed by atoms with E-state index >= 15 is 0 Å². The second kappa shape index (κ2) is 7.09. The first kappa shape index (κ1) is 18.7. The summed E-state index contributed by atoms with van der Waals surface area (Å²) in [6, 6.07) is 15.6. The van der Waals surface area contributed by atoms with E-state index in [1.165, 1.54) is 77.7 Å². The smallest absolute Gasteiger partial charge is 0.255 e. The van der Waals surface area contributed by atoms with Gasteiger partial charge in [-0.05, 0) is 66.2 Å². The molecule has 2 amide bonds. The quantitative estimate of drug-likeness (QED) is 0.666. The van der Waals surface area contributed by atoms with Crippen molar-refractivity contribution in [3.8, 4) is 0 Å². The third-order valence-electron chi connectivity index (χ3n) is 4.92. The average Bonchev–Trinajstić information content (AvgIpc) is 2.70. The van der Waals surface area contributed by atoms with Crippen LogP contribution in [0.5, 0.6) is 0 Å². The molecule has 29 heavy (non-hydrogen) atoms. The van der Waals surface area contributed by atoms with E-state index in [1.807, 2.05) is 0 Å². The highest BCUT2D eigenvalue weighted by atomic mass is 19.1. The van der Waals surface area contributed by atoms with E-state index in [4.69, 9.17) is 0 Å². The lowest BCUT2D eigenvalue weighted by Crippen LogP contribution is -2.67. The lowest BCUT2D eigenvalue weighted by molar-refractivity contribution is -0.137. The molecule has 3 aromatic carbocycles. The predicted molar refractivity (Wildman–Crippen MR) is 102 cm³/mol. The van der Waals surface area contributed by atoms with Crippen molar-refractivity contribution in [1.82, 2.24) is 0 Å². The van der Waals surface area contributed by atoms with Gasteiger partial charge in [-0.25, -0.2) is 13.2 Å². The summed E-state index contributed by atoms with van der Waals surface area (Å²) in [6.07, 6.45) is -0.150. The van der Waals surface area contributed by atoms with E-state index in [1.54, 1.807) is 0 Å². The summed E-state index contributed by atoms with van der Waals surface area (Å²) in [5.74, 6) is -2.30. The molecule has 1 saturated heterocycles. The van der Waals surface area contributed by atoms with Gasteiger partial charge in [0.15, 0.2) is 5.54 Å². The minimum atomic E-state index is -1.45. The minimum absolute atomic E-state index is 0.150. The predicted octanol–water partition coefficient (Wildman–Crippen LogP) is 4.37. The van der Waals surface area contributed by atoms with Crippen molar-refractivity contribution < 1.29 is 22.8 Å². The van der Waals surface area contributed by atoms with Crippen LogP contribution in [-0.4, -0.2) is 11.8 Å². The van der Waals surface area contributed by atoms with E-state index in [9.17, 15) is 22.8 Å². The summed E-state index contributed by atoms with van der Waals surface area (Å²) >= 11 is 0. The molecule has 0 radical (unpaired) electrons. The molecule has 4 rings (SSSR count). The van der Waals surface area contributed by atoms with Crippen LogP contribution < -0.4 is 10.2 Å². The Balaban J connectivity index is 1.78. The van der Waals surface area contributed by atoms with Gasteiger partial charge in [-0.3, -0.25) is 14.5 Å². The van der Waals surface area contributed by atoms with Crippen molar-refractivity contribution in [3.05, 3.63) is 95.8 Å². The monoisotopic (exact) mass is 396 g/mol. The first-order valence-corrected chi connectivity index (χ1v) is 8.82. The van der Waals surface area contributed by atoms with E-state index in [-0.39, 0.29) is 12.3 Å². The summed E-state index contributed by atoms with van der Waals surface area (Å²) in [4.78, 5) is 27.1. The number of rotatable bonds is 4. The molecule has 1 aliphatic rings. The van der Waals surface area contributed by atoms with Crippen molar-refractivity contribution in [3.63, 3.8) is 0 Å². The van der Waals surface area contributed by atoms with Crippen LogP contribution in [-0.2, 0) is 15.1 Å². The van der Waals surface area contributed by atoms with E-state index in [2.05, 4.69) is 5.32 Å². The number of nitrogens with one attached hydrogen (secondary N) is 1. The molecule has 1 fully saturated rings. The maximum absolute atomic E-state index is 13.5. The molecule has 1 heterocycles. The number of carbonyl (C=O) groups excluding carboxylic acids is 2. The molecule has 0 aliphatic carbocycles. The molecule has 4 nitrogen and oxygen atoms in total. The zero-order valence-corrected chi connectivity index (χ0v) is 15.0. The zero-order chi connectivity index (χ0) is 20.6. The van der Waals surface area contributed by atoms with Gasteiger partial charge < -0.3 is 5.32 Å². The number of amides is 2. The third kappa shape index (κ3) is 3.24. The SMILES string of the molecule is O=C1CC(C(=O)Nc2ccc(F)cc2)(c2ccc(F)cc2)N1c1ccc(F)cc1. The van der Waals surface area contributed by atoms with Crippen LogP contribution in [0.15, 0.2) is 72.8 Å². The first-order valence-electron chi connectivity index (χ1n) is 8.82. The highest BCUT2D eigenvalue weighted by Gasteiger charge is 2.58. The molecule has 0 aromatic heterocycles. The molecule has 1 aliphatic heterocycles. The fourth-order valence-corrected chi connectivity index (χ4v) is 3.49. The van der Waals surface area contributed by atoms with Crippen LogP contribution in [0.4, 0.5) is 24.5 Å². The average molecular weight is 396 g/mol. The van der Waals surface area contributed by atoms with Gasteiger partial charge in [0.25, 0.3) is 5.91 Å². The lowest BCUT2D eigenvalue weighted by Gasteiger charge is -2.50. The van der Waals surface area contributed by atoms with Crippen LogP contribution in [0.1, 0.15) is 12.0 Å². The summed E-state index contributed by atoms with van der Waals surface area (Å²) < 4.78 is 40.0. The molecule has 0 spiro atoms. The Morgan fingerprint density at radius 3 is 1.79 bits per heavy atom. The summed E-state index contributed by atoms with van der Waals surface area (Å²) in [7, 11) is 0. The molecule has 1 atom stereocenters. The standard InChI is InChI=1S/C22H15F3N2O2/c23-15-3-1-14(2-4-15)22(21(29)26-18-9-5-16(24)6-10-18)13-20(28)27(22)19-11-7-17(25)8-12-19/h1-12H,13H2,(H,26,29). The molecular weight excluding hydrogens is 381 g/mol. The van der Waals surface area contributed by atoms with Crippen LogP contribution in [0.2, 0.25) is 0 Å². The summed E-state index contributed by atoms with van der Waals surface area (Å²) in [5, 5.41) is 2.69. The number of halogens is 3. The number of benzene rings is 3. The van der Waals surface area contributed by atoms with Gasteiger partial charge in [0.2, 0.25) is 5.91 Å². The maximum Gasteiger partial charge on any atom is 0.255 e. The van der Waals surface area contributed by atoms with Crippen molar-refractivity contribution in [2.45, 2.75) is 12.0 Å². The molecule has 7 heteroatoms. The number of anilines is 2. The number of hydrogen-bond acceptors (Lipinski definition) is 2. The fraction of sp³-hybridized carbons (Fsp3) is 0.0909. The van der Waals surface area contributed by atoms with Crippen molar-refractivity contribution in [2.75, 3.05) is 10.2 Å². The molecule has 1 N–H and O–H groups in total. The van der Waals surface area contributed by atoms with Crippen LogP contribution in [0.25, 0.3) is 0 Å². The largest absolute Gasteiger partial charge is 0.324 e. The van der Waals surface area contributed by atoms with Gasteiger partial charge in [-0.1, -0.05) is 12.1 Å². The number of nitrogens with zero attached hydrogens (tertiary/aromatic N) is 1. The second-order valence-electron chi connectivity index (χ2n) is 6.71. The molecule has 0 bridgehead atoms. The van der Waals surface area contributed by atoms with Crippen LogP contribution in [0, 0.1) is 17.5 Å². The number of hydrogen-bond donors (Lipinski definition) is 1. The van der Waals surface area contributed by atoms with Crippen molar-refractivity contribution in [1.29, 1.82) is 0 Å². The van der Waals surface area contributed by atoms with Gasteiger partial charge in [0.1, 0.15) is 17.5 Å². The lowest BCUT2D eigenvalue weighted by atomic mass is 9.76. The van der Waals surface area contributed by atoms with Gasteiger partial charge in [-0.15, -0.1) is 0 Å². The fourth-order valence-electron chi connectivity index (χ4n) is 3.49. The van der Waals surface area contributed by atoms with Crippen LogP contribution in [0.3, 0.4) is 0 Å². The topological polar surface area (TPSA) is 49.4 Å². The Morgan fingerprint density at radius 1 is 0.793 bits per heavy atom. The Bertz CT molecular complexity index is 1070. The number of β-lactam (4-membered cyclic amide) rings is 1. The zero-order valence-electron chi connectivity index (χ0n) is 15.0. The molecule has 3 aromatic rings. The Labute approximate surface area is 164 Å². The summed E-state index contributed by atoms with van der Waals surface area (Å²) in [5.41, 5.74) is -0.364. The Morgan fingerprint density at radius 2 is 1.28 bits per heavy atom. The molecular formula is C22H15F3N2O2. The van der Waals surface area contributed by atoms with Gasteiger partial charge in [0.05, 0.1) is 6.42 Å². The van der Waals surface area contributed by atoms with Crippen LogP contribution >= 0.6 is 0 Å². The normalized spacial score (nSPS) is 18.3. The van der Waals surface area contributed by atoms with E-state index in [0.29, 0.717) is 16.9 Å². The highest BCUT2D eigenvalue weighted by molar-refractivity contribution is 6.17. The van der Waals surface area contributed by atoms with Gasteiger partial charge >= 0.3 is 0 Å². The van der Waals surface area contributed by atoms with Gasteiger partial charge in [-0.2, -0.15) is 0 Å². The first-order chi connectivity index (χ1) is 13.9. The van der Waals surface area contributed by atoms with Crippen molar-refractivity contribution >= 4 is 23.2 Å². The Hall–Kier alpha value is -3.61. The molecule has 0 saturated carbocycles. The van der Waals surface area contributed by atoms with Crippen molar-refractivity contribution in [2.24, 2.45) is 0 Å². The molecule has 1 unspecified atom stereocenters. The Kier molecular flexibility index (Phi) is 4.58. The maximum atomic E-state index is 13.5. The number of carbonyl (C=O) groups is 2. The molecule has 146 valence electrons. The highest BCUT2D eigenvalue weighted by Crippen LogP contribution is 2.45. The summed E-state index contributed by atoms with van der Waals surface area (Å²) in [6.45, 7) is 0.